The monoisotopic (exact) mass is 214 g/mol. The lowest BCUT2D eigenvalue weighted by molar-refractivity contribution is -0.140. The number of likely N-dealkylation sites (tertiary alicyclic amines) is 1. The van der Waals surface area contributed by atoms with E-state index < -0.39 is 0 Å². The lowest BCUT2D eigenvalue weighted by Gasteiger charge is -2.36. The lowest BCUT2D eigenvalue weighted by atomic mass is 9.99. The highest BCUT2D eigenvalue weighted by Crippen LogP contribution is 2.16. The Morgan fingerprint density at radius 1 is 1.60 bits per heavy atom. The van der Waals surface area contributed by atoms with Crippen LogP contribution in [-0.4, -0.2) is 43.2 Å². The Bertz CT molecular complexity index is 209. The summed E-state index contributed by atoms with van der Waals surface area (Å²) in [7, 11) is 1.44. The first-order chi connectivity index (χ1) is 7.13. The zero-order valence-electron chi connectivity index (χ0n) is 9.74. The third-order valence-corrected chi connectivity index (χ3v) is 3.11. The molecule has 1 heterocycles. The smallest absolute Gasteiger partial charge is 0.305 e. The van der Waals surface area contributed by atoms with Gasteiger partial charge in [0.2, 0.25) is 0 Å². The topological polar surface area (TPSA) is 55.6 Å². The molecule has 1 saturated heterocycles. The second kappa shape index (κ2) is 6.08. The molecule has 0 spiro atoms. The summed E-state index contributed by atoms with van der Waals surface area (Å²) in [6.07, 6.45) is 3.54. The molecule has 1 rings (SSSR count). The van der Waals surface area contributed by atoms with Crippen LogP contribution in [0.25, 0.3) is 0 Å². The van der Waals surface area contributed by atoms with Gasteiger partial charge >= 0.3 is 5.97 Å². The molecule has 0 aromatic rings. The average molecular weight is 214 g/mol. The summed E-state index contributed by atoms with van der Waals surface area (Å²) in [6, 6.07) is 0.906. The zero-order chi connectivity index (χ0) is 11.3. The fourth-order valence-corrected chi connectivity index (χ4v) is 2.12. The zero-order valence-corrected chi connectivity index (χ0v) is 9.74. The molecule has 0 radical (unpaired) electrons. The number of piperidine rings is 1. The number of carbonyl (C=O) groups excluding carboxylic acids is 1. The molecule has 0 bridgehead atoms. The van der Waals surface area contributed by atoms with Crippen LogP contribution in [0.2, 0.25) is 0 Å². The lowest BCUT2D eigenvalue weighted by Crippen LogP contribution is -2.45. The molecule has 1 fully saturated rings. The summed E-state index contributed by atoms with van der Waals surface area (Å²) >= 11 is 0. The van der Waals surface area contributed by atoms with Crippen LogP contribution in [-0.2, 0) is 9.53 Å². The molecule has 2 atom stereocenters. The van der Waals surface area contributed by atoms with E-state index in [9.17, 15) is 4.79 Å². The van der Waals surface area contributed by atoms with Crippen molar-refractivity contribution in [3.8, 4) is 0 Å². The molecule has 0 amide bonds. The number of nitrogens with zero attached hydrogens (tertiary/aromatic N) is 1. The van der Waals surface area contributed by atoms with Gasteiger partial charge in [-0.25, -0.2) is 0 Å². The van der Waals surface area contributed by atoms with Gasteiger partial charge in [-0.15, -0.1) is 0 Å². The first-order valence-corrected chi connectivity index (χ1v) is 5.70. The van der Waals surface area contributed by atoms with E-state index in [-0.39, 0.29) is 5.97 Å². The van der Waals surface area contributed by atoms with Crippen molar-refractivity contribution < 1.29 is 9.53 Å². The van der Waals surface area contributed by atoms with E-state index in [4.69, 9.17) is 5.73 Å². The van der Waals surface area contributed by atoms with Crippen LogP contribution >= 0.6 is 0 Å². The maximum Gasteiger partial charge on any atom is 0.305 e. The quantitative estimate of drug-likeness (QED) is 0.702. The Morgan fingerprint density at radius 3 is 2.93 bits per heavy atom. The summed E-state index contributed by atoms with van der Waals surface area (Å²) in [5.41, 5.74) is 5.89. The molecule has 4 heteroatoms. The summed E-state index contributed by atoms with van der Waals surface area (Å²) in [6.45, 7) is 4.24. The minimum atomic E-state index is -0.114. The van der Waals surface area contributed by atoms with Gasteiger partial charge in [0.1, 0.15) is 0 Å². The first-order valence-electron chi connectivity index (χ1n) is 5.70. The SMILES string of the molecule is COC(=O)CCCN1CCC(N)CC1C. The summed E-state index contributed by atoms with van der Waals surface area (Å²) in [4.78, 5) is 13.3. The van der Waals surface area contributed by atoms with Gasteiger partial charge in [0.15, 0.2) is 0 Å². The van der Waals surface area contributed by atoms with Gasteiger partial charge in [-0.3, -0.25) is 4.79 Å². The van der Waals surface area contributed by atoms with Gasteiger partial charge in [-0.2, -0.15) is 0 Å². The van der Waals surface area contributed by atoms with Crippen molar-refractivity contribution in [2.45, 2.75) is 44.7 Å². The standard InChI is InChI=1S/C11H22N2O2/c1-9-8-10(12)5-7-13(9)6-3-4-11(14)15-2/h9-10H,3-8,12H2,1-2H3. The molecule has 2 N–H and O–H groups in total. The molecule has 1 aliphatic heterocycles. The van der Waals surface area contributed by atoms with Crippen molar-refractivity contribution in [1.82, 2.24) is 4.90 Å². The molecule has 2 unspecified atom stereocenters. The summed E-state index contributed by atoms with van der Waals surface area (Å²) < 4.78 is 4.61. The highest BCUT2D eigenvalue weighted by Gasteiger charge is 2.22. The van der Waals surface area contributed by atoms with E-state index in [1.54, 1.807) is 0 Å². The number of methoxy groups -OCH3 is 1. The molecule has 15 heavy (non-hydrogen) atoms. The van der Waals surface area contributed by atoms with E-state index in [2.05, 4.69) is 16.6 Å². The molecule has 1 aliphatic rings. The molecule has 0 aliphatic carbocycles. The predicted molar refractivity (Wildman–Crippen MR) is 59.5 cm³/mol. The number of rotatable bonds is 4. The maximum absolute atomic E-state index is 10.9. The fraction of sp³-hybridized carbons (Fsp3) is 0.909. The molecular formula is C11H22N2O2. The Hall–Kier alpha value is -0.610. The second-order valence-corrected chi connectivity index (χ2v) is 4.35. The molecule has 0 aromatic carbocycles. The Balaban J connectivity index is 2.18. The van der Waals surface area contributed by atoms with Crippen LogP contribution in [0, 0.1) is 0 Å². The average Bonchev–Trinajstić information content (AvgIpc) is 2.21. The van der Waals surface area contributed by atoms with Crippen molar-refractivity contribution >= 4 is 5.97 Å². The van der Waals surface area contributed by atoms with Gasteiger partial charge in [0, 0.05) is 18.5 Å². The van der Waals surface area contributed by atoms with Crippen molar-refractivity contribution in [3.05, 3.63) is 0 Å². The van der Waals surface area contributed by atoms with Crippen LogP contribution in [0.3, 0.4) is 0 Å². The Kier molecular flexibility index (Phi) is 5.05. The van der Waals surface area contributed by atoms with Crippen LogP contribution in [0.4, 0.5) is 0 Å². The third kappa shape index (κ3) is 4.18. The minimum Gasteiger partial charge on any atom is -0.469 e. The number of esters is 1. The minimum absolute atomic E-state index is 0.114. The van der Waals surface area contributed by atoms with Gasteiger partial charge in [0.25, 0.3) is 0 Å². The van der Waals surface area contributed by atoms with E-state index in [1.807, 2.05) is 0 Å². The van der Waals surface area contributed by atoms with Crippen LogP contribution in [0.1, 0.15) is 32.6 Å². The van der Waals surface area contributed by atoms with Gasteiger partial charge < -0.3 is 15.4 Å². The fourth-order valence-electron chi connectivity index (χ4n) is 2.12. The van der Waals surface area contributed by atoms with E-state index >= 15 is 0 Å². The van der Waals surface area contributed by atoms with Crippen molar-refractivity contribution in [3.63, 3.8) is 0 Å². The number of hydrogen-bond donors (Lipinski definition) is 1. The highest BCUT2D eigenvalue weighted by molar-refractivity contribution is 5.69. The third-order valence-electron chi connectivity index (χ3n) is 3.11. The van der Waals surface area contributed by atoms with E-state index in [0.717, 1.165) is 32.4 Å². The number of carbonyl (C=O) groups is 1. The molecule has 4 nitrogen and oxygen atoms in total. The van der Waals surface area contributed by atoms with Crippen LogP contribution in [0.5, 0.6) is 0 Å². The second-order valence-electron chi connectivity index (χ2n) is 4.35. The van der Waals surface area contributed by atoms with Gasteiger partial charge in [0.05, 0.1) is 7.11 Å². The van der Waals surface area contributed by atoms with Gasteiger partial charge in [-0.1, -0.05) is 0 Å². The highest BCUT2D eigenvalue weighted by atomic mass is 16.5. The van der Waals surface area contributed by atoms with Crippen LogP contribution < -0.4 is 5.73 Å². The molecule has 0 aromatic heterocycles. The molecule has 0 saturated carbocycles. The van der Waals surface area contributed by atoms with Crippen molar-refractivity contribution in [2.75, 3.05) is 20.2 Å². The number of ether oxygens (including phenoxy) is 1. The first kappa shape index (κ1) is 12.5. The van der Waals surface area contributed by atoms with Gasteiger partial charge in [-0.05, 0) is 39.3 Å². The normalized spacial score (nSPS) is 27.7. The number of hydrogen-bond acceptors (Lipinski definition) is 4. The van der Waals surface area contributed by atoms with Crippen LogP contribution in [0.15, 0.2) is 0 Å². The number of nitrogens with two attached hydrogens (primary N) is 1. The molecular weight excluding hydrogens is 192 g/mol. The molecule has 88 valence electrons. The summed E-state index contributed by atoms with van der Waals surface area (Å²) in [5.74, 6) is -0.114. The van der Waals surface area contributed by atoms with Crippen molar-refractivity contribution in [2.24, 2.45) is 5.73 Å². The maximum atomic E-state index is 10.9. The largest absolute Gasteiger partial charge is 0.469 e. The van der Waals surface area contributed by atoms with E-state index in [1.165, 1.54) is 7.11 Å². The van der Waals surface area contributed by atoms with Crippen molar-refractivity contribution in [1.29, 1.82) is 0 Å². The predicted octanol–water partition coefficient (Wildman–Crippen LogP) is 0.751. The Morgan fingerprint density at radius 2 is 2.33 bits per heavy atom. The summed E-state index contributed by atoms with van der Waals surface area (Å²) in [5, 5.41) is 0. The Labute approximate surface area is 91.8 Å². The van der Waals surface area contributed by atoms with E-state index in [0.29, 0.717) is 18.5 Å².